The van der Waals surface area contributed by atoms with Crippen LogP contribution in [0.25, 0.3) is 0 Å². The Morgan fingerprint density at radius 2 is 2.25 bits per heavy atom. The molecule has 0 atom stereocenters. The van der Waals surface area contributed by atoms with Crippen LogP contribution in [0.5, 0.6) is 0 Å². The van der Waals surface area contributed by atoms with Crippen molar-refractivity contribution >= 4 is 29.0 Å². The van der Waals surface area contributed by atoms with Crippen molar-refractivity contribution < 1.29 is 4.79 Å². The summed E-state index contributed by atoms with van der Waals surface area (Å²) >= 11 is 10.6. The molecule has 0 amide bonds. The minimum atomic E-state index is -0.146. The molecule has 0 saturated heterocycles. The van der Waals surface area contributed by atoms with E-state index >= 15 is 0 Å². The summed E-state index contributed by atoms with van der Waals surface area (Å²) in [5, 5.41) is 0.208. The minimum Gasteiger partial charge on any atom is -0.294 e. The molecule has 0 aliphatic rings. The highest BCUT2D eigenvalue weighted by Crippen LogP contribution is 2.01. The lowest BCUT2D eigenvalue weighted by Crippen LogP contribution is -1.87. The average Bonchev–Trinajstić information content (AvgIpc) is 1.67. The van der Waals surface area contributed by atoms with Gasteiger partial charge in [0.15, 0.2) is 5.78 Å². The largest absolute Gasteiger partial charge is 0.294 e. The Morgan fingerprint density at radius 3 is 2.38 bits per heavy atom. The van der Waals surface area contributed by atoms with Crippen LogP contribution in [-0.2, 0) is 4.79 Å². The van der Waals surface area contributed by atoms with Crippen molar-refractivity contribution in [2.45, 2.75) is 6.92 Å². The first-order chi connectivity index (χ1) is 3.68. The predicted octanol–water partition coefficient (Wildman–Crippen LogP) is 1.94. The van der Waals surface area contributed by atoms with Gasteiger partial charge in [0.25, 0.3) is 0 Å². The number of Topliss-reactive ketones (excluding diaryl/α,β-unsaturated/α-hetero) is 1. The maximum absolute atomic E-state index is 10.3. The van der Waals surface area contributed by atoms with Crippen LogP contribution < -0.4 is 0 Å². The quantitative estimate of drug-likeness (QED) is 0.437. The lowest BCUT2D eigenvalue weighted by Gasteiger charge is -1.84. The third-order valence-corrected chi connectivity index (χ3v) is 1.17. The molecule has 0 radical (unpaired) electrons. The Hall–Kier alpha value is -0.0100. The molecule has 0 aromatic rings. The first kappa shape index (κ1) is 7.99. The molecule has 0 aromatic carbocycles. The molecular weight excluding hydrogens is 147 g/mol. The predicted molar refractivity (Wildman–Crippen MR) is 35.3 cm³/mol. The van der Waals surface area contributed by atoms with Gasteiger partial charge < -0.3 is 0 Å². The maximum atomic E-state index is 10.3. The van der Waals surface area contributed by atoms with Crippen molar-refractivity contribution in [1.82, 2.24) is 0 Å². The Kier molecular flexibility index (Phi) is 3.92. The zero-order valence-electron chi connectivity index (χ0n) is 4.45. The number of hydrogen-bond acceptors (Lipinski definition) is 1. The van der Waals surface area contributed by atoms with E-state index in [9.17, 15) is 4.79 Å². The molecule has 0 N–H and O–H groups in total. The van der Waals surface area contributed by atoms with E-state index in [0.29, 0.717) is 5.88 Å². The molecule has 0 fully saturated rings. The van der Waals surface area contributed by atoms with E-state index < -0.39 is 0 Å². The van der Waals surface area contributed by atoms with E-state index in [1.807, 2.05) is 0 Å². The van der Waals surface area contributed by atoms with Crippen molar-refractivity contribution in [2.24, 2.45) is 0 Å². The molecular formula is C5H6Cl2O. The van der Waals surface area contributed by atoms with E-state index in [1.54, 1.807) is 0 Å². The molecule has 0 aromatic heterocycles. The summed E-state index contributed by atoms with van der Waals surface area (Å²) in [5.74, 6) is 0.144. The van der Waals surface area contributed by atoms with Crippen molar-refractivity contribution in [3.63, 3.8) is 0 Å². The molecule has 46 valence electrons. The zero-order chi connectivity index (χ0) is 6.57. The van der Waals surface area contributed by atoms with Gasteiger partial charge in [-0.25, -0.2) is 0 Å². The number of hydrogen-bond donors (Lipinski definition) is 0. The van der Waals surface area contributed by atoms with Gasteiger partial charge in [-0.15, -0.1) is 11.6 Å². The van der Waals surface area contributed by atoms with Gasteiger partial charge in [0.1, 0.15) is 0 Å². The average molecular weight is 153 g/mol. The molecule has 0 saturated carbocycles. The van der Waals surface area contributed by atoms with Crippen LogP contribution in [0, 0.1) is 0 Å². The highest BCUT2D eigenvalue weighted by atomic mass is 35.5. The first-order valence-corrected chi connectivity index (χ1v) is 3.02. The van der Waals surface area contributed by atoms with E-state index in [2.05, 4.69) is 0 Å². The van der Waals surface area contributed by atoms with Crippen LogP contribution >= 0.6 is 23.2 Å². The lowest BCUT2D eigenvalue weighted by molar-refractivity contribution is -0.113. The number of alkyl halides is 1. The summed E-state index contributed by atoms with van der Waals surface area (Å²) in [6.45, 7) is 1.39. The number of carbonyl (C=O) groups is 1. The van der Waals surface area contributed by atoms with E-state index in [1.165, 1.54) is 13.0 Å². The molecule has 0 bridgehead atoms. The van der Waals surface area contributed by atoms with Gasteiger partial charge in [-0.1, -0.05) is 11.6 Å². The Bertz CT molecular complexity index is 118. The smallest absolute Gasteiger partial charge is 0.170 e. The fourth-order valence-corrected chi connectivity index (χ4v) is 0.522. The van der Waals surface area contributed by atoms with Crippen LogP contribution in [0.15, 0.2) is 11.1 Å². The van der Waals surface area contributed by atoms with Crippen LogP contribution in [0.3, 0.4) is 0 Å². The van der Waals surface area contributed by atoms with Gasteiger partial charge in [0, 0.05) is 12.8 Å². The van der Waals surface area contributed by atoms with Crippen LogP contribution in [0.2, 0.25) is 0 Å². The highest BCUT2D eigenvalue weighted by Gasteiger charge is 1.94. The summed E-state index contributed by atoms with van der Waals surface area (Å²) in [4.78, 5) is 10.3. The number of ketones is 1. The summed E-state index contributed by atoms with van der Waals surface area (Å²) in [5.41, 5.74) is 0. The summed E-state index contributed by atoms with van der Waals surface area (Å²) in [6, 6.07) is 0. The second kappa shape index (κ2) is 3.93. The molecule has 8 heavy (non-hydrogen) atoms. The monoisotopic (exact) mass is 152 g/mol. The molecule has 0 rings (SSSR count). The number of halogens is 2. The molecule has 3 heteroatoms. The van der Waals surface area contributed by atoms with E-state index in [4.69, 9.17) is 23.2 Å². The topological polar surface area (TPSA) is 17.1 Å². The molecule has 0 unspecified atom stereocenters. The van der Waals surface area contributed by atoms with Gasteiger partial charge >= 0.3 is 0 Å². The SMILES string of the molecule is CC(=O)C(Cl)=CCCl. The molecule has 0 spiro atoms. The van der Waals surface area contributed by atoms with Crippen LogP contribution in [0.1, 0.15) is 6.92 Å². The van der Waals surface area contributed by atoms with Gasteiger partial charge in [0.2, 0.25) is 0 Å². The summed E-state index contributed by atoms with van der Waals surface area (Å²) < 4.78 is 0. The molecule has 0 heterocycles. The van der Waals surface area contributed by atoms with Crippen molar-refractivity contribution in [2.75, 3.05) is 5.88 Å². The minimum absolute atomic E-state index is 0.146. The summed E-state index contributed by atoms with van der Waals surface area (Å²) in [7, 11) is 0. The fraction of sp³-hybridized carbons (Fsp3) is 0.400. The van der Waals surface area contributed by atoms with Crippen molar-refractivity contribution in [1.29, 1.82) is 0 Å². The number of rotatable bonds is 2. The second-order valence-electron chi connectivity index (χ2n) is 1.26. The third kappa shape index (κ3) is 3.05. The van der Waals surface area contributed by atoms with Gasteiger partial charge in [-0.05, 0) is 6.08 Å². The van der Waals surface area contributed by atoms with E-state index in [0.717, 1.165) is 0 Å². The third-order valence-electron chi connectivity index (χ3n) is 0.593. The van der Waals surface area contributed by atoms with Gasteiger partial charge in [0.05, 0.1) is 5.03 Å². The van der Waals surface area contributed by atoms with Crippen LogP contribution in [-0.4, -0.2) is 11.7 Å². The molecule has 1 nitrogen and oxygen atoms in total. The second-order valence-corrected chi connectivity index (χ2v) is 1.98. The molecule has 0 aliphatic heterocycles. The number of allylic oxidation sites excluding steroid dienone is 2. The fourth-order valence-electron chi connectivity index (χ4n) is 0.211. The van der Waals surface area contributed by atoms with Gasteiger partial charge in [-0.2, -0.15) is 0 Å². The maximum Gasteiger partial charge on any atom is 0.170 e. The van der Waals surface area contributed by atoms with Gasteiger partial charge in [-0.3, -0.25) is 4.79 Å². The van der Waals surface area contributed by atoms with Crippen molar-refractivity contribution in [3.8, 4) is 0 Å². The highest BCUT2D eigenvalue weighted by molar-refractivity contribution is 6.42. The lowest BCUT2D eigenvalue weighted by atomic mass is 10.4. The normalized spacial score (nSPS) is 11.6. The van der Waals surface area contributed by atoms with Crippen molar-refractivity contribution in [3.05, 3.63) is 11.1 Å². The Balaban J connectivity index is 3.80. The standard InChI is InChI=1S/C5H6Cl2O/c1-4(8)5(7)2-3-6/h2H,3H2,1H3. The summed E-state index contributed by atoms with van der Waals surface area (Å²) in [6.07, 6.45) is 1.46. The molecule has 0 aliphatic carbocycles. The van der Waals surface area contributed by atoms with Crippen LogP contribution in [0.4, 0.5) is 0 Å². The van der Waals surface area contributed by atoms with E-state index in [-0.39, 0.29) is 10.8 Å². The zero-order valence-corrected chi connectivity index (χ0v) is 5.96. The Morgan fingerprint density at radius 1 is 1.75 bits per heavy atom. The first-order valence-electron chi connectivity index (χ1n) is 2.11. The Labute approximate surface area is 58.3 Å². The number of carbonyl (C=O) groups excluding carboxylic acids is 1.